The molecule has 1 aliphatic rings. The van der Waals surface area contributed by atoms with Crippen molar-refractivity contribution in [2.75, 3.05) is 24.5 Å². The van der Waals surface area contributed by atoms with Crippen LogP contribution in [0, 0.1) is 34.5 Å². The molecule has 0 aliphatic carbocycles. The van der Waals surface area contributed by atoms with E-state index in [0.717, 1.165) is 6.42 Å². The van der Waals surface area contributed by atoms with E-state index in [1.165, 1.54) is 23.1 Å². The third-order valence-corrected chi connectivity index (χ3v) is 4.54. The number of nitrogens with zero attached hydrogens (tertiary/aromatic N) is 4. The van der Waals surface area contributed by atoms with Crippen molar-refractivity contribution >= 4 is 11.6 Å². The zero-order valence-electron chi connectivity index (χ0n) is 14.1. The van der Waals surface area contributed by atoms with Crippen LogP contribution in [-0.2, 0) is 0 Å². The number of carbonyl (C=O) groups is 1. The Morgan fingerprint density at radius 1 is 1.23 bits per heavy atom. The highest BCUT2D eigenvalue weighted by molar-refractivity contribution is 5.94. The van der Waals surface area contributed by atoms with Gasteiger partial charge < -0.3 is 4.90 Å². The van der Waals surface area contributed by atoms with E-state index in [1.807, 2.05) is 18.2 Å². The fraction of sp³-hybridized carbons (Fsp3) is 0.250. The molecule has 1 amide bonds. The molecule has 130 valence electrons. The first-order valence-corrected chi connectivity index (χ1v) is 8.33. The lowest BCUT2D eigenvalue weighted by Gasteiger charge is -2.21. The molecule has 0 saturated carbocycles. The normalized spacial score (nSPS) is 16.0. The van der Waals surface area contributed by atoms with Gasteiger partial charge in [-0.05, 0) is 42.7 Å². The summed E-state index contributed by atoms with van der Waals surface area (Å²) in [7, 11) is 0. The standard InChI is InChI=1S/C20H17FN4O/c21-19-7-6-18(10-17(19)11-22)25(14-23)13-15-8-9-24(12-15)20(26)16-4-2-1-3-5-16/h1-7,10,15H,8-9,12-13H2. The van der Waals surface area contributed by atoms with Gasteiger partial charge in [-0.1, -0.05) is 18.2 Å². The van der Waals surface area contributed by atoms with Gasteiger partial charge in [0.1, 0.15) is 11.9 Å². The molecule has 1 heterocycles. The first kappa shape index (κ1) is 17.4. The molecule has 3 rings (SSSR count). The van der Waals surface area contributed by atoms with Gasteiger partial charge in [0.15, 0.2) is 6.19 Å². The van der Waals surface area contributed by atoms with Gasteiger partial charge in [-0.25, -0.2) is 4.39 Å². The van der Waals surface area contributed by atoms with Crippen molar-refractivity contribution in [1.29, 1.82) is 10.5 Å². The van der Waals surface area contributed by atoms with E-state index < -0.39 is 5.82 Å². The molecule has 0 radical (unpaired) electrons. The molecule has 2 aromatic rings. The minimum Gasteiger partial charge on any atom is -0.338 e. The number of carbonyl (C=O) groups excluding carboxylic acids is 1. The molecule has 2 aromatic carbocycles. The van der Waals surface area contributed by atoms with Crippen LogP contribution in [0.2, 0.25) is 0 Å². The van der Waals surface area contributed by atoms with Crippen molar-refractivity contribution in [3.8, 4) is 12.3 Å². The number of hydrogen-bond donors (Lipinski definition) is 0. The second-order valence-electron chi connectivity index (χ2n) is 6.26. The smallest absolute Gasteiger partial charge is 0.253 e. The van der Waals surface area contributed by atoms with Gasteiger partial charge in [0.2, 0.25) is 0 Å². The number of benzene rings is 2. The van der Waals surface area contributed by atoms with E-state index in [0.29, 0.717) is 30.9 Å². The molecule has 0 spiro atoms. The summed E-state index contributed by atoms with van der Waals surface area (Å²) in [6.07, 6.45) is 2.88. The molecule has 1 atom stereocenters. The summed E-state index contributed by atoms with van der Waals surface area (Å²) in [4.78, 5) is 15.7. The maximum Gasteiger partial charge on any atom is 0.253 e. The van der Waals surface area contributed by atoms with Gasteiger partial charge in [-0.2, -0.15) is 10.5 Å². The third-order valence-electron chi connectivity index (χ3n) is 4.54. The van der Waals surface area contributed by atoms with Gasteiger partial charge in [0.05, 0.1) is 11.3 Å². The molecular weight excluding hydrogens is 331 g/mol. The first-order valence-electron chi connectivity index (χ1n) is 8.33. The Hall–Kier alpha value is -3.38. The van der Waals surface area contributed by atoms with Gasteiger partial charge in [-0.3, -0.25) is 9.69 Å². The fourth-order valence-electron chi connectivity index (χ4n) is 3.16. The predicted octanol–water partition coefficient (Wildman–Crippen LogP) is 3.15. The summed E-state index contributed by atoms with van der Waals surface area (Å²) in [5.41, 5.74) is 1.05. The molecule has 1 fully saturated rings. The Morgan fingerprint density at radius 3 is 2.69 bits per heavy atom. The van der Waals surface area contributed by atoms with Gasteiger partial charge in [0, 0.05) is 25.2 Å². The zero-order chi connectivity index (χ0) is 18.5. The second kappa shape index (κ2) is 7.67. The summed E-state index contributed by atoms with van der Waals surface area (Å²) in [5.74, 6) is -0.474. The summed E-state index contributed by atoms with van der Waals surface area (Å²) in [6.45, 7) is 1.63. The number of likely N-dealkylation sites (tertiary alicyclic amines) is 1. The number of nitriles is 2. The molecule has 5 nitrogen and oxygen atoms in total. The van der Waals surface area contributed by atoms with Gasteiger partial charge in [-0.15, -0.1) is 0 Å². The van der Waals surface area contributed by atoms with E-state index in [4.69, 9.17) is 5.26 Å². The molecule has 0 N–H and O–H groups in total. The first-order chi connectivity index (χ1) is 12.6. The van der Waals surface area contributed by atoms with Crippen LogP contribution in [0.3, 0.4) is 0 Å². The lowest BCUT2D eigenvalue weighted by molar-refractivity contribution is 0.0787. The van der Waals surface area contributed by atoms with Crippen LogP contribution < -0.4 is 4.90 Å². The van der Waals surface area contributed by atoms with Crippen LogP contribution in [0.1, 0.15) is 22.3 Å². The second-order valence-corrected chi connectivity index (χ2v) is 6.26. The minimum absolute atomic E-state index is 0.00911. The van der Waals surface area contributed by atoms with Crippen LogP contribution in [0.4, 0.5) is 10.1 Å². The SMILES string of the molecule is N#Cc1cc(N(C#N)CC2CCN(C(=O)c3ccccc3)C2)ccc1F. The molecule has 1 aliphatic heterocycles. The van der Waals surface area contributed by atoms with Crippen molar-refractivity contribution in [2.24, 2.45) is 5.92 Å². The van der Waals surface area contributed by atoms with Crippen molar-refractivity contribution < 1.29 is 9.18 Å². The maximum atomic E-state index is 13.5. The van der Waals surface area contributed by atoms with Crippen LogP contribution in [0.25, 0.3) is 0 Å². The predicted molar refractivity (Wildman–Crippen MR) is 94.5 cm³/mol. The number of halogens is 1. The van der Waals surface area contributed by atoms with E-state index in [-0.39, 0.29) is 17.4 Å². The largest absolute Gasteiger partial charge is 0.338 e. The Bertz CT molecular complexity index is 885. The molecule has 0 bridgehead atoms. The summed E-state index contributed by atoms with van der Waals surface area (Å²) < 4.78 is 13.5. The molecule has 26 heavy (non-hydrogen) atoms. The zero-order valence-corrected chi connectivity index (χ0v) is 14.1. The summed E-state index contributed by atoms with van der Waals surface area (Å²) in [5, 5.41) is 18.4. The monoisotopic (exact) mass is 348 g/mol. The van der Waals surface area contributed by atoms with E-state index in [1.54, 1.807) is 23.1 Å². The topological polar surface area (TPSA) is 71.1 Å². The Morgan fingerprint density at radius 2 is 2.00 bits per heavy atom. The quantitative estimate of drug-likeness (QED) is 0.629. The molecular formula is C20H17FN4O. The fourth-order valence-corrected chi connectivity index (χ4v) is 3.16. The van der Waals surface area contributed by atoms with Crippen molar-refractivity contribution in [3.63, 3.8) is 0 Å². The number of rotatable bonds is 4. The van der Waals surface area contributed by atoms with E-state index in [2.05, 4.69) is 6.19 Å². The minimum atomic E-state index is -0.602. The molecule has 6 heteroatoms. The van der Waals surface area contributed by atoms with Crippen LogP contribution in [0.15, 0.2) is 48.5 Å². The molecule has 0 aromatic heterocycles. The average Bonchev–Trinajstić information content (AvgIpc) is 3.15. The third kappa shape index (κ3) is 3.65. The van der Waals surface area contributed by atoms with Gasteiger partial charge >= 0.3 is 0 Å². The molecule has 1 unspecified atom stereocenters. The highest BCUT2D eigenvalue weighted by Gasteiger charge is 2.28. The van der Waals surface area contributed by atoms with Crippen LogP contribution >= 0.6 is 0 Å². The lowest BCUT2D eigenvalue weighted by Crippen LogP contribution is -2.31. The van der Waals surface area contributed by atoms with Crippen LogP contribution in [0.5, 0.6) is 0 Å². The number of anilines is 1. The Labute approximate surface area is 151 Å². The number of amides is 1. The average molecular weight is 348 g/mol. The Balaban J connectivity index is 1.67. The van der Waals surface area contributed by atoms with E-state index >= 15 is 0 Å². The van der Waals surface area contributed by atoms with Gasteiger partial charge in [0.25, 0.3) is 5.91 Å². The highest BCUT2D eigenvalue weighted by atomic mass is 19.1. The van der Waals surface area contributed by atoms with E-state index in [9.17, 15) is 14.4 Å². The van der Waals surface area contributed by atoms with Crippen molar-refractivity contribution in [3.05, 3.63) is 65.5 Å². The lowest BCUT2D eigenvalue weighted by atomic mass is 10.1. The number of hydrogen-bond acceptors (Lipinski definition) is 4. The maximum absolute atomic E-state index is 13.5. The summed E-state index contributed by atoms with van der Waals surface area (Å²) >= 11 is 0. The summed E-state index contributed by atoms with van der Waals surface area (Å²) in [6, 6.07) is 15.0. The van der Waals surface area contributed by atoms with Crippen molar-refractivity contribution in [2.45, 2.75) is 6.42 Å². The van der Waals surface area contributed by atoms with Crippen molar-refractivity contribution in [1.82, 2.24) is 4.90 Å². The Kier molecular flexibility index (Phi) is 5.15. The molecule has 1 saturated heterocycles. The van der Waals surface area contributed by atoms with Crippen LogP contribution in [-0.4, -0.2) is 30.4 Å². The highest BCUT2D eigenvalue weighted by Crippen LogP contribution is 2.24.